The number of carbonyl (C=O) groups excluding carboxylic acids is 4. The molecule has 3 aliphatic rings. The van der Waals surface area contributed by atoms with Crippen LogP contribution in [0.4, 0.5) is 0 Å². The molecule has 0 spiro atoms. The van der Waals surface area contributed by atoms with Gasteiger partial charge in [0, 0.05) is 105 Å². The van der Waals surface area contributed by atoms with Crippen molar-refractivity contribution in [3.05, 3.63) is 104 Å². The molecule has 0 saturated carbocycles. The molecule has 4 aromatic carbocycles. The summed E-state index contributed by atoms with van der Waals surface area (Å²) >= 11 is 29.2. The first-order chi connectivity index (χ1) is 39.7. The van der Waals surface area contributed by atoms with Crippen LogP contribution in [0, 0.1) is 0 Å². The molecular weight excluding hydrogens is 1460 g/mol. The van der Waals surface area contributed by atoms with Crippen LogP contribution >= 0.6 is 144 Å². The smallest absolute Gasteiger partial charge is 1.00 e. The molecule has 5 heterocycles. The zero-order valence-electron chi connectivity index (χ0n) is 46.7. The molecule has 16 nitrogen and oxygen atoms in total. The fourth-order valence-electron chi connectivity index (χ4n) is 7.54. The van der Waals surface area contributed by atoms with Crippen LogP contribution in [0.1, 0.15) is 133 Å². The topological polar surface area (TPSA) is 254 Å². The summed E-state index contributed by atoms with van der Waals surface area (Å²) < 4.78 is 25.4. The third kappa shape index (κ3) is 36.9. The number of carboxylic acid groups (broad SMARTS) is 2. The number of fused-ring (bicyclic) bond motifs is 2. The number of benzene rings is 4. The van der Waals surface area contributed by atoms with Gasteiger partial charge in [0.1, 0.15) is 11.0 Å². The van der Waals surface area contributed by atoms with Crippen molar-refractivity contribution in [2.75, 3.05) is 17.3 Å². The number of halogens is 7. The summed E-state index contributed by atoms with van der Waals surface area (Å²) in [5.41, 5.74) is 3.57. The normalized spacial score (nSPS) is 15.2. The third-order valence-electron chi connectivity index (χ3n) is 11.4. The van der Waals surface area contributed by atoms with Gasteiger partial charge in [0.05, 0.1) is 11.1 Å². The molecule has 0 unspecified atom stereocenters. The van der Waals surface area contributed by atoms with E-state index in [-0.39, 0.29) is 148 Å². The van der Waals surface area contributed by atoms with Crippen molar-refractivity contribution < 1.29 is 171 Å². The van der Waals surface area contributed by atoms with Gasteiger partial charge in [-0.1, -0.05) is 145 Å². The van der Waals surface area contributed by atoms with Gasteiger partial charge < -0.3 is 35.4 Å². The second kappa shape index (κ2) is 50.0. The first-order valence-corrected chi connectivity index (χ1v) is 37.0. The summed E-state index contributed by atoms with van der Waals surface area (Å²) in [7, 11) is 19.1. The van der Waals surface area contributed by atoms with E-state index in [9.17, 15) is 24.0 Å². The van der Waals surface area contributed by atoms with E-state index in [1.54, 1.807) is 54.6 Å². The number of carboxylic acids is 2. The second-order valence-electron chi connectivity index (χ2n) is 17.6. The fourth-order valence-corrected chi connectivity index (χ4v) is 17.8. The molecule has 3 aliphatic heterocycles. The van der Waals surface area contributed by atoms with E-state index in [1.807, 2.05) is 64.8 Å². The molecule has 0 aliphatic carbocycles. The van der Waals surface area contributed by atoms with Gasteiger partial charge in [-0.15, -0.1) is 0 Å². The van der Waals surface area contributed by atoms with Crippen molar-refractivity contribution in [2.24, 2.45) is 0 Å². The largest absolute Gasteiger partial charge is 1.00 e. The molecule has 3 atom stereocenters. The van der Waals surface area contributed by atoms with E-state index in [0.29, 0.717) is 83.3 Å². The summed E-state index contributed by atoms with van der Waals surface area (Å²) in [6.07, 6.45) is 14.3. The van der Waals surface area contributed by atoms with Crippen LogP contribution in [0.15, 0.2) is 81.6 Å². The number of hydrogen-bond acceptors (Lipinski definition) is 20. The predicted molar refractivity (Wildman–Crippen MR) is 357 cm³/mol. The number of unbranched alkanes of at least 4 members (excludes halogenated alkanes) is 3. The summed E-state index contributed by atoms with van der Waals surface area (Å²) in [4.78, 5) is 75.8. The molecular formula is C55H63Cl7K2N2O14S7. The molecule has 0 bridgehead atoms. The Morgan fingerprint density at radius 2 is 0.989 bits per heavy atom. The summed E-state index contributed by atoms with van der Waals surface area (Å²) in [6.45, 7) is -0.181. The minimum absolute atomic E-state index is 0. The number of carbonyl (C=O) groups is 6. The van der Waals surface area contributed by atoms with Gasteiger partial charge in [-0.3, -0.25) is 19.2 Å². The van der Waals surface area contributed by atoms with Crippen LogP contribution in [0.5, 0.6) is 0 Å². The van der Waals surface area contributed by atoms with Crippen LogP contribution in [-0.4, -0.2) is 93.0 Å². The Labute approximate surface area is 653 Å². The van der Waals surface area contributed by atoms with E-state index in [4.69, 9.17) is 96.0 Å². The first-order valence-electron chi connectivity index (χ1n) is 25.2. The van der Waals surface area contributed by atoms with Crippen molar-refractivity contribution in [3.8, 4) is 22.9 Å². The minimum atomic E-state index is -1.67. The first kappa shape index (κ1) is 87.6. The summed E-state index contributed by atoms with van der Waals surface area (Å²) in [5.74, 6) is 1.56. The Morgan fingerprint density at radius 3 is 1.33 bits per heavy atom. The average Bonchev–Trinajstić information content (AvgIpc) is 3.29. The average molecular weight is 1530 g/mol. The van der Waals surface area contributed by atoms with Crippen molar-refractivity contribution in [3.63, 3.8) is 0 Å². The Balaban J connectivity index is 0. The van der Waals surface area contributed by atoms with Gasteiger partial charge in [-0.25, -0.2) is 23.8 Å². The van der Waals surface area contributed by atoms with Crippen LogP contribution < -0.4 is 108 Å². The van der Waals surface area contributed by atoms with Crippen molar-refractivity contribution in [2.45, 2.75) is 127 Å². The van der Waals surface area contributed by atoms with Crippen LogP contribution in [0.3, 0.4) is 0 Å². The molecule has 3 fully saturated rings. The number of oxazole rings is 2. The van der Waals surface area contributed by atoms with Gasteiger partial charge in [0.15, 0.2) is 11.2 Å². The number of aromatic nitrogens is 2. The maximum atomic E-state index is 12.4. The second-order valence-corrected chi connectivity index (χ2v) is 30.7. The number of esters is 2. The number of nitrogens with zero attached hydrogens (tertiary/aromatic N) is 2. The SMILES string of the molecule is C.C.O=C(CCCC[C@@H]1CCSS1)OC(=O)c1ccc2nc(-c3cc(Cl)cc(Cl)c3)oc2c1.O=C(Cl)CCCC[C@@H]1CCSS1.O=C(O)CCCC[C@@H]1CCSS1.O=C(O)c1ccc2nc(-c3cc(Cl)cc(Cl)c3)oc2c1.O=CO[O-].O=S(Cl)Cl.[H-].[K+].[K+]. The molecule has 6 aromatic rings. The van der Waals surface area contributed by atoms with Gasteiger partial charge in [0.25, 0.3) is 6.47 Å². The standard InChI is InChI=1S/C22H19Cl2NO4S2.C14H7Cl2NO3.C8H13ClOS2.C8H14O2S2.CH2O3.2CH4.Cl2OS.2K.H/c23-15-9-14(10-16(24)12-15)21-25-18-6-5-13(11-19(18)28-21)22(27)29-20(26)4-2-1-3-17-7-8-30-31-17;15-9-3-8(4-10(16)6-9)13-17-11-2-1-7(14(18)19)5-12(11)20-13;2*9-8(10)4-2-1-3-7-5-6-11-12-7;2-1-4-3;;;1-4(2)3;;;/h5-6,9-12,17H,1-4,7-8H2;1-6H,(H,18,19);7H,1-6H2;7H,1-6H2,(H,9,10);1,3H;2*1H4;;;;/q;;;;;;;;2*+1;-1/p-1/t17-;;2*7-;;;;;;;/m1.11......./s1. The van der Waals surface area contributed by atoms with Gasteiger partial charge in [-0.05, 0) is 142 Å². The molecule has 0 amide bonds. The zero-order valence-corrected chi connectivity index (χ0v) is 62.9. The summed E-state index contributed by atoms with van der Waals surface area (Å²) in [5, 5.41) is 29.8. The van der Waals surface area contributed by atoms with Gasteiger partial charge >= 0.3 is 127 Å². The van der Waals surface area contributed by atoms with Crippen LogP contribution in [0.25, 0.3) is 45.1 Å². The maximum Gasteiger partial charge on any atom is 1.00 e. The molecule has 0 radical (unpaired) electrons. The Bertz CT molecular complexity index is 3020. The van der Waals surface area contributed by atoms with E-state index in [1.165, 1.54) is 67.6 Å². The number of aromatic carboxylic acids is 1. The van der Waals surface area contributed by atoms with Crippen LogP contribution in [0.2, 0.25) is 20.1 Å². The molecule has 2 N–H and O–H groups in total. The molecule has 87 heavy (non-hydrogen) atoms. The van der Waals surface area contributed by atoms with Crippen molar-refractivity contribution in [1.82, 2.24) is 9.97 Å². The van der Waals surface area contributed by atoms with Crippen molar-refractivity contribution in [1.29, 1.82) is 0 Å². The van der Waals surface area contributed by atoms with Crippen molar-refractivity contribution >= 4 is 211 Å². The number of rotatable bonds is 20. The number of aliphatic carboxylic acids is 1. The molecule has 3 saturated heterocycles. The quantitative estimate of drug-likeness (QED) is 0.00829. The predicted octanol–water partition coefficient (Wildman–Crippen LogP) is 12.8. The molecule has 470 valence electrons. The Morgan fingerprint density at radius 1 is 0.621 bits per heavy atom. The molecule has 32 heteroatoms. The third-order valence-corrected chi connectivity index (χ3v) is 21.5. The Kier molecular flexibility index (Phi) is 50.3. The maximum absolute atomic E-state index is 12.4. The molecule has 2 aromatic heterocycles. The summed E-state index contributed by atoms with van der Waals surface area (Å²) in [6, 6.07) is 19.2. The van der Waals surface area contributed by atoms with Crippen LogP contribution in [-0.2, 0) is 38.0 Å². The zero-order chi connectivity index (χ0) is 60.7. The number of ether oxygens (including phenoxy) is 1. The number of hydrogen-bond donors (Lipinski definition) is 2. The van der Waals surface area contributed by atoms with Gasteiger partial charge in [0.2, 0.25) is 26.3 Å². The van der Waals surface area contributed by atoms with Gasteiger partial charge in [-0.2, -0.15) is 0 Å². The van der Waals surface area contributed by atoms with E-state index < -0.39 is 33.1 Å². The monoisotopic (exact) mass is 1520 g/mol. The fraction of sp³-hybridized carbons (Fsp3) is 0.418. The minimum Gasteiger partial charge on any atom is -1.00 e. The van der Waals surface area contributed by atoms with E-state index in [0.717, 1.165) is 55.4 Å². The van der Waals surface area contributed by atoms with E-state index in [2.05, 4.69) is 36.2 Å². The Hall–Kier alpha value is 0.553. The van der Waals surface area contributed by atoms with E-state index >= 15 is 0 Å². The molecule has 9 rings (SSSR count).